The minimum atomic E-state index is -2.89. The summed E-state index contributed by atoms with van der Waals surface area (Å²) in [5.74, 6) is 0.516. The van der Waals surface area contributed by atoms with Crippen LogP contribution >= 0.6 is 11.6 Å². The van der Waals surface area contributed by atoms with Gasteiger partial charge in [0.1, 0.15) is 5.15 Å². The highest BCUT2D eigenvalue weighted by molar-refractivity contribution is 7.91. The molecule has 1 saturated heterocycles. The third-order valence-corrected chi connectivity index (χ3v) is 5.62. The van der Waals surface area contributed by atoms with Crippen LogP contribution in [0.25, 0.3) is 0 Å². The number of hydrogen-bond donors (Lipinski definition) is 0. The Morgan fingerprint density at radius 1 is 1.48 bits per heavy atom. The monoisotopic (exact) mass is 332 g/mol. The fraction of sp³-hybridized carbons (Fsp3) is 0.643. The van der Waals surface area contributed by atoms with Crippen molar-refractivity contribution in [1.29, 1.82) is 0 Å². The summed E-state index contributed by atoms with van der Waals surface area (Å²) < 4.78 is 28.5. The molecule has 7 heteroatoms. The molecule has 118 valence electrons. The minimum absolute atomic E-state index is 0.0626. The Balaban J connectivity index is 2.05. The number of ether oxygens (including phenoxy) is 1. The summed E-state index contributed by atoms with van der Waals surface area (Å²) in [7, 11) is -1.22. The second-order valence-corrected chi connectivity index (χ2v) is 7.94. The fourth-order valence-electron chi connectivity index (χ4n) is 2.61. The summed E-state index contributed by atoms with van der Waals surface area (Å²) in [4.78, 5) is 6.47. The molecule has 0 spiro atoms. The number of hydrogen-bond acceptors (Lipinski definition) is 5. The zero-order valence-electron chi connectivity index (χ0n) is 12.2. The number of aromatic nitrogens is 1. The third kappa shape index (κ3) is 5.21. The molecule has 0 saturated carbocycles. The molecule has 1 aromatic rings. The first-order valence-corrected chi connectivity index (χ1v) is 9.25. The standard InChI is InChI=1S/C14H21ClN2O3S/c1-20-8-3-7-17(13-6-9-21(18,19)11-13)10-12-4-2-5-14(15)16-12/h2,4-5,13H,3,6-11H2,1H3/t13-/m0/s1. The van der Waals surface area contributed by atoms with Gasteiger partial charge < -0.3 is 4.74 Å². The van der Waals surface area contributed by atoms with Gasteiger partial charge in [0.05, 0.1) is 17.2 Å². The Morgan fingerprint density at radius 2 is 2.29 bits per heavy atom. The van der Waals surface area contributed by atoms with E-state index < -0.39 is 9.84 Å². The lowest BCUT2D eigenvalue weighted by Crippen LogP contribution is -2.37. The van der Waals surface area contributed by atoms with Gasteiger partial charge in [0, 0.05) is 32.8 Å². The van der Waals surface area contributed by atoms with Crippen molar-refractivity contribution < 1.29 is 13.2 Å². The van der Waals surface area contributed by atoms with E-state index in [1.54, 1.807) is 13.2 Å². The maximum absolute atomic E-state index is 11.7. The molecule has 1 aliphatic heterocycles. The molecule has 0 unspecified atom stereocenters. The molecular formula is C14H21ClN2O3S. The summed E-state index contributed by atoms with van der Waals surface area (Å²) >= 11 is 5.91. The van der Waals surface area contributed by atoms with Crippen molar-refractivity contribution in [3.63, 3.8) is 0 Å². The predicted octanol–water partition coefficient (Wildman–Crippen LogP) is 1.76. The molecule has 0 radical (unpaired) electrons. The Hall–Kier alpha value is -0.690. The quantitative estimate of drug-likeness (QED) is 0.562. The van der Waals surface area contributed by atoms with E-state index in [-0.39, 0.29) is 17.5 Å². The first-order valence-electron chi connectivity index (χ1n) is 7.05. The molecule has 1 fully saturated rings. The van der Waals surface area contributed by atoms with E-state index in [4.69, 9.17) is 16.3 Å². The summed E-state index contributed by atoms with van der Waals surface area (Å²) in [6.07, 6.45) is 1.56. The lowest BCUT2D eigenvalue weighted by Gasteiger charge is -2.27. The van der Waals surface area contributed by atoms with Gasteiger partial charge in [0.15, 0.2) is 9.84 Å². The van der Waals surface area contributed by atoms with Crippen molar-refractivity contribution in [1.82, 2.24) is 9.88 Å². The molecule has 21 heavy (non-hydrogen) atoms. The Kier molecular flexibility index (Phi) is 5.98. The molecule has 1 aromatic heterocycles. The van der Waals surface area contributed by atoms with E-state index in [1.807, 2.05) is 12.1 Å². The first-order chi connectivity index (χ1) is 10.00. The molecule has 0 bridgehead atoms. The first kappa shape index (κ1) is 16.7. The van der Waals surface area contributed by atoms with Crippen LogP contribution in [-0.4, -0.2) is 56.1 Å². The molecule has 5 nitrogen and oxygen atoms in total. The van der Waals surface area contributed by atoms with Gasteiger partial charge in [-0.25, -0.2) is 13.4 Å². The number of methoxy groups -OCH3 is 1. The Bertz CT molecular complexity index is 565. The molecule has 2 heterocycles. The summed E-state index contributed by atoms with van der Waals surface area (Å²) in [6.45, 7) is 2.08. The van der Waals surface area contributed by atoms with Gasteiger partial charge in [-0.3, -0.25) is 4.90 Å². The molecule has 2 rings (SSSR count). The van der Waals surface area contributed by atoms with Crippen molar-refractivity contribution in [2.45, 2.75) is 25.4 Å². The van der Waals surface area contributed by atoms with Gasteiger partial charge in [-0.2, -0.15) is 0 Å². The second kappa shape index (κ2) is 7.54. The summed E-state index contributed by atoms with van der Waals surface area (Å²) in [6, 6.07) is 5.58. The second-order valence-electron chi connectivity index (χ2n) is 5.33. The molecule has 0 aliphatic carbocycles. The highest BCUT2D eigenvalue weighted by Crippen LogP contribution is 2.20. The van der Waals surface area contributed by atoms with Crippen LogP contribution in [0.5, 0.6) is 0 Å². The number of halogens is 1. The smallest absolute Gasteiger partial charge is 0.151 e. The van der Waals surface area contributed by atoms with Crippen LogP contribution in [0.1, 0.15) is 18.5 Å². The zero-order chi connectivity index (χ0) is 15.3. The highest BCUT2D eigenvalue weighted by atomic mass is 35.5. The topological polar surface area (TPSA) is 59.5 Å². The fourth-order valence-corrected chi connectivity index (χ4v) is 4.56. The summed E-state index contributed by atoms with van der Waals surface area (Å²) in [5.41, 5.74) is 0.865. The minimum Gasteiger partial charge on any atom is -0.385 e. The highest BCUT2D eigenvalue weighted by Gasteiger charge is 2.32. The van der Waals surface area contributed by atoms with E-state index in [9.17, 15) is 8.42 Å². The SMILES string of the molecule is COCCCN(Cc1cccc(Cl)n1)[C@H]1CCS(=O)(=O)C1. The van der Waals surface area contributed by atoms with Crippen LogP contribution in [0.4, 0.5) is 0 Å². The van der Waals surface area contributed by atoms with Crippen molar-refractivity contribution in [3.8, 4) is 0 Å². The molecule has 0 amide bonds. The largest absolute Gasteiger partial charge is 0.385 e. The van der Waals surface area contributed by atoms with Crippen LogP contribution < -0.4 is 0 Å². The van der Waals surface area contributed by atoms with Gasteiger partial charge in [-0.05, 0) is 25.0 Å². The molecule has 0 aromatic carbocycles. The van der Waals surface area contributed by atoms with Gasteiger partial charge in [-0.1, -0.05) is 17.7 Å². The van der Waals surface area contributed by atoms with Crippen molar-refractivity contribution >= 4 is 21.4 Å². The van der Waals surface area contributed by atoms with Crippen molar-refractivity contribution in [2.24, 2.45) is 0 Å². The van der Waals surface area contributed by atoms with Crippen molar-refractivity contribution in [3.05, 3.63) is 29.0 Å². The molecule has 0 N–H and O–H groups in total. The van der Waals surface area contributed by atoms with Crippen LogP contribution in [0.2, 0.25) is 5.15 Å². The van der Waals surface area contributed by atoms with E-state index in [2.05, 4.69) is 9.88 Å². The molecular weight excluding hydrogens is 312 g/mol. The zero-order valence-corrected chi connectivity index (χ0v) is 13.7. The Labute approximate surface area is 131 Å². The number of pyridine rings is 1. The van der Waals surface area contributed by atoms with E-state index in [1.165, 1.54) is 0 Å². The maximum atomic E-state index is 11.7. The third-order valence-electron chi connectivity index (χ3n) is 3.66. The Morgan fingerprint density at radius 3 is 2.90 bits per heavy atom. The number of nitrogens with zero attached hydrogens (tertiary/aromatic N) is 2. The lowest BCUT2D eigenvalue weighted by molar-refractivity contribution is 0.149. The average Bonchev–Trinajstić information content (AvgIpc) is 2.78. The van der Waals surface area contributed by atoms with Gasteiger partial charge in [0.2, 0.25) is 0 Å². The van der Waals surface area contributed by atoms with Gasteiger partial charge in [0.25, 0.3) is 0 Å². The van der Waals surface area contributed by atoms with E-state index >= 15 is 0 Å². The van der Waals surface area contributed by atoms with Gasteiger partial charge >= 0.3 is 0 Å². The average molecular weight is 333 g/mol. The van der Waals surface area contributed by atoms with Crippen LogP contribution in [0.15, 0.2) is 18.2 Å². The van der Waals surface area contributed by atoms with Crippen LogP contribution in [0.3, 0.4) is 0 Å². The maximum Gasteiger partial charge on any atom is 0.151 e. The van der Waals surface area contributed by atoms with E-state index in [0.29, 0.717) is 24.7 Å². The van der Waals surface area contributed by atoms with Crippen LogP contribution in [0, 0.1) is 0 Å². The van der Waals surface area contributed by atoms with Crippen LogP contribution in [-0.2, 0) is 21.1 Å². The predicted molar refractivity (Wildman–Crippen MR) is 83.2 cm³/mol. The molecule has 1 atom stereocenters. The summed E-state index contributed by atoms with van der Waals surface area (Å²) in [5, 5.41) is 0.461. The van der Waals surface area contributed by atoms with E-state index in [0.717, 1.165) is 18.7 Å². The van der Waals surface area contributed by atoms with Crippen molar-refractivity contribution in [2.75, 3.05) is 31.8 Å². The lowest BCUT2D eigenvalue weighted by atomic mass is 10.2. The van der Waals surface area contributed by atoms with Gasteiger partial charge in [-0.15, -0.1) is 0 Å². The number of rotatable bonds is 7. The normalized spacial score (nSPS) is 21.0. The molecule has 1 aliphatic rings. The number of sulfone groups is 1.